The maximum absolute atomic E-state index is 13.0. The quantitative estimate of drug-likeness (QED) is 0.398. The van der Waals surface area contributed by atoms with Crippen LogP contribution in [0.15, 0.2) is 0 Å². The molecular formula is C8H3F15O4S. The molecule has 4 nitrogen and oxygen atoms in total. The highest BCUT2D eigenvalue weighted by Gasteiger charge is 2.86. The summed E-state index contributed by atoms with van der Waals surface area (Å²) in [6.45, 7) is 0. The van der Waals surface area contributed by atoms with Crippen molar-refractivity contribution in [1.82, 2.24) is 0 Å². The van der Waals surface area contributed by atoms with Gasteiger partial charge in [-0.2, -0.15) is 61.1 Å². The van der Waals surface area contributed by atoms with Crippen LogP contribution in [0.25, 0.3) is 0 Å². The highest BCUT2D eigenvalue weighted by Crippen LogP contribution is 2.57. The Labute approximate surface area is 143 Å². The van der Waals surface area contributed by atoms with E-state index in [1.807, 2.05) is 0 Å². The number of alkyl halides is 15. The van der Waals surface area contributed by atoms with Crippen LogP contribution in [0.1, 0.15) is 0 Å². The molecule has 28 heavy (non-hydrogen) atoms. The van der Waals surface area contributed by atoms with E-state index in [4.69, 9.17) is 4.55 Å². The number of rotatable bonds is 9. The summed E-state index contributed by atoms with van der Waals surface area (Å²) in [4.78, 5) is 0. The zero-order valence-corrected chi connectivity index (χ0v) is 12.7. The summed E-state index contributed by atoms with van der Waals surface area (Å²) in [5, 5.41) is -7.22. The van der Waals surface area contributed by atoms with E-state index in [0.717, 1.165) is 0 Å². The largest absolute Gasteiger partial charge is 0.460 e. The highest BCUT2D eigenvalue weighted by atomic mass is 32.2. The summed E-state index contributed by atoms with van der Waals surface area (Å²) in [6.07, 6.45) is -26.1. The van der Waals surface area contributed by atoms with E-state index in [2.05, 4.69) is 0 Å². The highest BCUT2D eigenvalue weighted by molar-refractivity contribution is 7.86. The van der Waals surface area contributed by atoms with Crippen molar-refractivity contribution >= 4 is 10.1 Å². The Morgan fingerprint density at radius 3 is 1.32 bits per heavy atom. The zero-order chi connectivity index (χ0) is 23.4. The third-order valence-corrected chi connectivity index (χ3v) is 3.55. The van der Waals surface area contributed by atoms with Crippen LogP contribution >= 0.6 is 0 Å². The van der Waals surface area contributed by atoms with Gasteiger partial charge in [0, 0.05) is 0 Å². The molecule has 0 saturated carbocycles. The first kappa shape index (κ1) is 26.8. The smallest absolute Gasteiger partial charge is 0.281 e. The summed E-state index contributed by atoms with van der Waals surface area (Å²) < 4.78 is 219. The molecule has 20 heteroatoms. The van der Waals surface area contributed by atoms with Crippen molar-refractivity contribution in [2.75, 3.05) is 0 Å². The van der Waals surface area contributed by atoms with Crippen molar-refractivity contribution in [3.8, 4) is 0 Å². The van der Waals surface area contributed by atoms with Gasteiger partial charge in [-0.25, -0.2) is 17.9 Å². The van der Waals surface area contributed by atoms with E-state index in [1.165, 1.54) is 4.74 Å². The summed E-state index contributed by atoms with van der Waals surface area (Å²) >= 11 is 0. The number of halogens is 15. The molecule has 0 fully saturated rings. The Balaban J connectivity index is 6.27. The van der Waals surface area contributed by atoms with Gasteiger partial charge in [0.2, 0.25) is 6.17 Å². The summed E-state index contributed by atoms with van der Waals surface area (Å²) in [6, 6.07) is 0. The first-order valence-corrected chi connectivity index (χ1v) is 7.11. The molecule has 0 saturated heterocycles. The lowest BCUT2D eigenvalue weighted by atomic mass is 9.99. The lowest BCUT2D eigenvalue weighted by Gasteiger charge is -2.38. The van der Waals surface area contributed by atoms with Gasteiger partial charge in [0.05, 0.1) is 0 Å². The Morgan fingerprint density at radius 1 is 0.679 bits per heavy atom. The Bertz CT molecular complexity index is 672. The van der Waals surface area contributed by atoms with Crippen LogP contribution in [0, 0.1) is 0 Å². The first-order valence-electron chi connectivity index (χ1n) is 5.67. The lowest BCUT2D eigenvalue weighted by molar-refractivity contribution is -0.491. The third-order valence-electron chi connectivity index (χ3n) is 2.67. The van der Waals surface area contributed by atoms with Gasteiger partial charge in [-0.05, 0) is 0 Å². The molecule has 0 spiro atoms. The Morgan fingerprint density at radius 2 is 1.04 bits per heavy atom. The molecule has 0 heterocycles. The minimum Gasteiger partial charge on any atom is -0.281 e. The molecule has 0 aliphatic heterocycles. The average molecular weight is 480 g/mol. The van der Waals surface area contributed by atoms with E-state index >= 15 is 0 Å². The van der Waals surface area contributed by atoms with Crippen LogP contribution < -0.4 is 0 Å². The molecule has 170 valence electrons. The van der Waals surface area contributed by atoms with Crippen LogP contribution in [0.3, 0.4) is 0 Å². The van der Waals surface area contributed by atoms with Crippen LogP contribution in [0.5, 0.6) is 0 Å². The number of hydrogen-bond donors (Lipinski definition) is 1. The predicted molar refractivity (Wildman–Crippen MR) is 53.2 cm³/mol. The molecule has 0 aliphatic carbocycles. The predicted octanol–water partition coefficient (Wildman–Crippen LogP) is 4.18. The van der Waals surface area contributed by atoms with Gasteiger partial charge in [0.15, 0.2) is 0 Å². The summed E-state index contributed by atoms with van der Waals surface area (Å²) in [7, 11) is -7.45. The molecule has 1 N–H and O–H groups in total. The molecule has 0 radical (unpaired) electrons. The monoisotopic (exact) mass is 480 g/mol. The van der Waals surface area contributed by atoms with Crippen molar-refractivity contribution in [2.24, 2.45) is 0 Å². The van der Waals surface area contributed by atoms with Gasteiger partial charge in [-0.1, -0.05) is 0 Å². The van der Waals surface area contributed by atoms with E-state index in [9.17, 15) is 74.3 Å². The van der Waals surface area contributed by atoms with Crippen LogP contribution in [0.2, 0.25) is 0 Å². The fourth-order valence-corrected chi connectivity index (χ4v) is 1.50. The van der Waals surface area contributed by atoms with Crippen molar-refractivity contribution in [3.05, 3.63) is 0 Å². The molecule has 0 aromatic rings. The molecule has 1 atom stereocenters. The second kappa shape index (κ2) is 6.96. The van der Waals surface area contributed by atoms with Gasteiger partial charge in [-0.15, -0.1) is 0 Å². The second-order valence-corrected chi connectivity index (χ2v) is 6.10. The van der Waals surface area contributed by atoms with E-state index in [1.54, 1.807) is 0 Å². The van der Waals surface area contributed by atoms with Crippen molar-refractivity contribution in [2.45, 2.75) is 47.8 Å². The van der Waals surface area contributed by atoms with Crippen LogP contribution in [-0.4, -0.2) is 60.8 Å². The first-order chi connectivity index (χ1) is 11.8. The molecular weight excluding hydrogens is 477 g/mol. The molecule has 0 aromatic carbocycles. The SMILES string of the molecule is O=S(=O)(O)C(F)(F)C(F)(F)OC(F)(F)C(F)(F)C(F)(F)C(F)(F)C(F)C(F)F. The van der Waals surface area contributed by atoms with Crippen LogP contribution in [0.4, 0.5) is 65.9 Å². The fourth-order valence-electron chi connectivity index (χ4n) is 1.16. The molecule has 0 aromatic heterocycles. The Kier molecular flexibility index (Phi) is 6.66. The average Bonchev–Trinajstić information content (AvgIpc) is 2.42. The summed E-state index contributed by atoms with van der Waals surface area (Å²) in [5.41, 5.74) is 0. The van der Waals surface area contributed by atoms with Crippen molar-refractivity contribution in [3.63, 3.8) is 0 Å². The summed E-state index contributed by atoms with van der Waals surface area (Å²) in [5.74, 6) is -23.5. The second-order valence-electron chi connectivity index (χ2n) is 4.64. The van der Waals surface area contributed by atoms with Crippen molar-refractivity contribution < 1.29 is 83.6 Å². The maximum Gasteiger partial charge on any atom is 0.460 e. The fraction of sp³-hybridized carbons (Fsp3) is 1.00. The van der Waals surface area contributed by atoms with Gasteiger partial charge in [-0.3, -0.25) is 4.55 Å². The lowest BCUT2D eigenvalue weighted by Crippen LogP contribution is -2.68. The normalized spacial score (nSPS) is 17.2. The number of ether oxygens (including phenoxy) is 1. The topological polar surface area (TPSA) is 63.6 Å². The molecule has 0 aliphatic rings. The minimum atomic E-state index is -8.11. The van der Waals surface area contributed by atoms with E-state index < -0.39 is 58.0 Å². The van der Waals surface area contributed by atoms with E-state index in [0.29, 0.717) is 0 Å². The van der Waals surface area contributed by atoms with Gasteiger partial charge in [0.1, 0.15) is 0 Å². The van der Waals surface area contributed by atoms with Gasteiger partial charge < -0.3 is 0 Å². The van der Waals surface area contributed by atoms with Crippen LogP contribution in [-0.2, 0) is 14.9 Å². The van der Waals surface area contributed by atoms with E-state index in [-0.39, 0.29) is 0 Å². The molecule has 0 amide bonds. The third kappa shape index (κ3) is 3.94. The Hall–Kier alpha value is -1.18. The van der Waals surface area contributed by atoms with Gasteiger partial charge in [0.25, 0.3) is 6.43 Å². The molecule has 0 rings (SSSR count). The molecule has 0 bridgehead atoms. The maximum atomic E-state index is 13.0. The number of hydrogen-bond acceptors (Lipinski definition) is 3. The zero-order valence-electron chi connectivity index (χ0n) is 11.9. The standard InChI is InChI=1S/C8H3F15O4S/c9-1(2(10)11)3(12,13)4(14,15)5(16,17)6(18,19)27-7(20,21)8(22,23)28(24,25)26/h1-2H,(H,24,25,26). The molecule has 1 unspecified atom stereocenters. The minimum absolute atomic E-state index is 1.27. The van der Waals surface area contributed by atoms with Gasteiger partial charge >= 0.3 is 45.4 Å². The van der Waals surface area contributed by atoms with Crippen molar-refractivity contribution in [1.29, 1.82) is 0 Å².